The molecule has 0 bridgehead atoms. The molecule has 0 saturated carbocycles. The van der Waals surface area contributed by atoms with Crippen LogP contribution in [0.3, 0.4) is 0 Å². The van der Waals surface area contributed by atoms with Crippen molar-refractivity contribution in [1.82, 2.24) is 4.57 Å². The van der Waals surface area contributed by atoms with Gasteiger partial charge in [-0.05, 0) is 42.1 Å². The predicted molar refractivity (Wildman–Crippen MR) is 151 cm³/mol. The van der Waals surface area contributed by atoms with E-state index in [1.165, 1.54) is 75.8 Å². The van der Waals surface area contributed by atoms with E-state index in [2.05, 4.69) is 126 Å². The Balaban J connectivity index is 1.65. The van der Waals surface area contributed by atoms with Crippen molar-refractivity contribution < 1.29 is 4.57 Å². The van der Waals surface area contributed by atoms with Crippen molar-refractivity contribution in [3.05, 3.63) is 109 Å². The van der Waals surface area contributed by atoms with Crippen LogP contribution in [0.1, 0.15) is 5.56 Å². The summed E-state index contributed by atoms with van der Waals surface area (Å²) in [6.45, 7) is 2.25. The molecule has 3 heteroatoms. The molecule has 0 atom stereocenters. The molecular weight excluding hydrogens is 456 g/mol. The molecule has 0 amide bonds. The molecule has 3 heterocycles. The molecule has 2 nitrogen and oxygen atoms in total. The smallest absolute Gasteiger partial charge is 0.229 e. The van der Waals surface area contributed by atoms with Crippen molar-refractivity contribution in [1.29, 1.82) is 0 Å². The van der Waals surface area contributed by atoms with Crippen LogP contribution in [0.25, 0.3) is 60.4 Å². The Morgan fingerprint density at radius 1 is 0.667 bits per heavy atom. The molecule has 0 saturated heterocycles. The van der Waals surface area contributed by atoms with Crippen molar-refractivity contribution in [3.63, 3.8) is 0 Å². The highest BCUT2D eigenvalue weighted by Crippen LogP contribution is 2.52. The molecule has 0 N–H and O–H groups in total. The highest BCUT2D eigenvalue weighted by Gasteiger charge is 2.34. The fourth-order valence-corrected chi connectivity index (χ4v) is 7.51. The molecule has 7 aromatic rings. The predicted octanol–water partition coefficient (Wildman–Crippen LogP) is 8.35. The summed E-state index contributed by atoms with van der Waals surface area (Å²) in [5.41, 5.74) is 8.97. The molecule has 8 rings (SSSR count). The van der Waals surface area contributed by atoms with E-state index in [0.29, 0.717) is 0 Å². The minimum Gasteiger partial charge on any atom is -0.307 e. The van der Waals surface area contributed by atoms with E-state index in [1.54, 1.807) is 0 Å². The second-order valence-corrected chi connectivity index (χ2v) is 10.7. The molecule has 0 aliphatic carbocycles. The Bertz CT molecular complexity index is 1990. The van der Waals surface area contributed by atoms with Crippen molar-refractivity contribution in [2.75, 3.05) is 0 Å². The molecule has 1 aliphatic heterocycles. The molecule has 5 aromatic carbocycles. The van der Waals surface area contributed by atoms with Gasteiger partial charge in [0.25, 0.3) is 0 Å². The van der Waals surface area contributed by atoms with Gasteiger partial charge in [-0.3, -0.25) is 0 Å². The van der Waals surface area contributed by atoms with Gasteiger partial charge in [0, 0.05) is 27.1 Å². The highest BCUT2D eigenvalue weighted by molar-refractivity contribution is 8.00. The first kappa shape index (κ1) is 20.1. The number of fused-ring (bicyclic) bond motifs is 6. The van der Waals surface area contributed by atoms with Crippen molar-refractivity contribution in [3.8, 4) is 16.9 Å². The number of para-hydroxylation sites is 3. The van der Waals surface area contributed by atoms with Gasteiger partial charge >= 0.3 is 0 Å². The van der Waals surface area contributed by atoms with Crippen LogP contribution in [0.15, 0.2) is 113 Å². The van der Waals surface area contributed by atoms with Crippen molar-refractivity contribution in [2.45, 2.75) is 16.7 Å². The number of rotatable bonds is 1. The summed E-state index contributed by atoms with van der Waals surface area (Å²) < 4.78 is 4.91. The maximum atomic E-state index is 2.50. The van der Waals surface area contributed by atoms with E-state index in [4.69, 9.17) is 0 Å². The third-order valence-electron chi connectivity index (χ3n) is 7.75. The van der Waals surface area contributed by atoms with Gasteiger partial charge in [-0.1, -0.05) is 84.6 Å². The van der Waals surface area contributed by atoms with E-state index < -0.39 is 0 Å². The number of hydrogen-bond acceptors (Lipinski definition) is 1. The Morgan fingerprint density at radius 2 is 1.33 bits per heavy atom. The lowest BCUT2D eigenvalue weighted by molar-refractivity contribution is -0.635. The number of benzene rings is 5. The Morgan fingerprint density at radius 3 is 2.08 bits per heavy atom. The number of hydrogen-bond donors (Lipinski definition) is 0. The van der Waals surface area contributed by atoms with Crippen LogP contribution in [0.4, 0.5) is 0 Å². The van der Waals surface area contributed by atoms with E-state index in [0.717, 1.165) is 0 Å². The zero-order chi connectivity index (χ0) is 24.0. The minimum atomic E-state index is 1.24. The van der Waals surface area contributed by atoms with Gasteiger partial charge in [-0.15, -0.1) is 0 Å². The molecule has 0 spiro atoms. The summed E-state index contributed by atoms with van der Waals surface area (Å²) in [6.07, 6.45) is 0. The van der Waals surface area contributed by atoms with Gasteiger partial charge in [0.15, 0.2) is 0 Å². The third kappa shape index (κ3) is 2.51. The first-order chi connectivity index (χ1) is 17.7. The first-order valence-corrected chi connectivity index (χ1v) is 13.2. The summed E-state index contributed by atoms with van der Waals surface area (Å²) in [7, 11) is 2.23. The molecule has 0 radical (unpaired) electrons. The summed E-state index contributed by atoms with van der Waals surface area (Å²) in [5, 5.41) is 6.52. The summed E-state index contributed by atoms with van der Waals surface area (Å²) in [4.78, 5) is 2.65. The van der Waals surface area contributed by atoms with E-state index in [9.17, 15) is 0 Å². The largest absolute Gasteiger partial charge is 0.307 e. The van der Waals surface area contributed by atoms with Crippen LogP contribution in [-0.4, -0.2) is 4.57 Å². The zero-order valence-corrected chi connectivity index (χ0v) is 20.9. The average molecular weight is 480 g/mol. The summed E-state index contributed by atoms with van der Waals surface area (Å²) in [6, 6.07) is 37.7. The summed E-state index contributed by atoms with van der Waals surface area (Å²) in [5.74, 6) is 0. The normalized spacial score (nSPS) is 12.6. The quantitative estimate of drug-likeness (QED) is 0.215. The topological polar surface area (TPSA) is 8.81 Å². The maximum absolute atomic E-state index is 2.50. The van der Waals surface area contributed by atoms with Gasteiger partial charge in [0.1, 0.15) is 11.9 Å². The second-order valence-electron chi connectivity index (χ2n) is 9.69. The van der Waals surface area contributed by atoms with Gasteiger partial charge in [0.05, 0.1) is 27.7 Å². The van der Waals surface area contributed by atoms with Gasteiger partial charge in [0.2, 0.25) is 11.2 Å². The Hall–Kier alpha value is -4.08. The number of pyridine rings is 1. The fraction of sp³-hybridized carbons (Fsp3) is 0.0606. The lowest BCUT2D eigenvalue weighted by Gasteiger charge is -2.24. The highest BCUT2D eigenvalue weighted by atomic mass is 32.2. The van der Waals surface area contributed by atoms with Crippen LogP contribution in [0.2, 0.25) is 0 Å². The minimum absolute atomic E-state index is 1.24. The summed E-state index contributed by atoms with van der Waals surface area (Å²) >= 11 is 1.91. The number of nitrogens with zero attached hydrogens (tertiary/aromatic N) is 2. The zero-order valence-electron chi connectivity index (χ0n) is 20.1. The number of aromatic nitrogens is 2. The van der Waals surface area contributed by atoms with Crippen molar-refractivity contribution >= 4 is 55.2 Å². The van der Waals surface area contributed by atoms with Crippen LogP contribution in [-0.2, 0) is 7.05 Å². The van der Waals surface area contributed by atoms with Gasteiger partial charge in [-0.2, -0.15) is 4.57 Å². The Kier molecular flexibility index (Phi) is 4.04. The molecule has 1 aliphatic rings. The third-order valence-corrected chi connectivity index (χ3v) is 8.91. The molecule has 2 aromatic heterocycles. The molecule has 0 fully saturated rings. The van der Waals surface area contributed by atoms with Crippen LogP contribution in [0, 0.1) is 6.92 Å². The lowest BCUT2D eigenvalue weighted by atomic mass is 9.95. The van der Waals surface area contributed by atoms with Crippen LogP contribution >= 0.6 is 11.8 Å². The second kappa shape index (κ2) is 7.22. The number of aryl methyl sites for hydroxylation is 2. The maximum Gasteiger partial charge on any atom is 0.229 e. The van der Waals surface area contributed by atoms with E-state index >= 15 is 0 Å². The average Bonchev–Trinajstić information content (AvgIpc) is 3.25. The van der Waals surface area contributed by atoms with Crippen molar-refractivity contribution in [2.24, 2.45) is 7.05 Å². The van der Waals surface area contributed by atoms with Crippen LogP contribution in [0.5, 0.6) is 0 Å². The first-order valence-electron chi connectivity index (χ1n) is 12.4. The van der Waals surface area contributed by atoms with E-state index in [1.807, 2.05) is 11.8 Å². The van der Waals surface area contributed by atoms with Gasteiger partial charge in [-0.25, -0.2) is 0 Å². The monoisotopic (exact) mass is 479 g/mol. The standard InChI is InChI=1S/C33H23N2S/c1-20-18-19-21-10-9-17-28-30(21)29(20)32-33(36-28)31(24-13-5-6-14-25(24)34(32)2)35-26-15-7-3-11-22(26)23-12-4-8-16-27(23)35/h3-19H,1-2H3/q+1. The van der Waals surface area contributed by atoms with Gasteiger partial charge < -0.3 is 4.57 Å². The Labute approximate surface area is 213 Å². The SMILES string of the molecule is Cc1ccc2cccc3c2c1-c1c(c(-n2c4ccccc4c4ccccc42)c2ccccc2[n+]1C)S3. The molecule has 0 unspecified atom stereocenters. The fourth-order valence-electron chi connectivity index (χ4n) is 6.19. The molecular formula is C33H23N2S+. The molecule has 36 heavy (non-hydrogen) atoms. The molecule has 170 valence electrons. The van der Waals surface area contributed by atoms with E-state index in [-0.39, 0.29) is 0 Å². The van der Waals surface area contributed by atoms with Crippen LogP contribution < -0.4 is 4.57 Å². The lowest BCUT2D eigenvalue weighted by Crippen LogP contribution is -2.34.